The van der Waals surface area contributed by atoms with Crippen molar-refractivity contribution in [2.75, 3.05) is 19.6 Å². The van der Waals surface area contributed by atoms with Gasteiger partial charge in [0.05, 0.1) is 11.4 Å². The summed E-state index contributed by atoms with van der Waals surface area (Å²) in [6, 6.07) is 9.65. The van der Waals surface area contributed by atoms with E-state index in [-0.39, 0.29) is 42.2 Å². The van der Waals surface area contributed by atoms with E-state index in [1.54, 1.807) is 0 Å². The minimum Gasteiger partial charge on any atom is -0.342 e. The highest BCUT2D eigenvalue weighted by molar-refractivity contribution is 5.97. The van der Waals surface area contributed by atoms with Gasteiger partial charge in [0.15, 0.2) is 0 Å². The Morgan fingerprint density at radius 3 is 2.35 bits per heavy atom. The summed E-state index contributed by atoms with van der Waals surface area (Å²) < 4.78 is 2.05. The van der Waals surface area contributed by atoms with Crippen LogP contribution in [-0.2, 0) is 16.1 Å². The first-order valence-corrected chi connectivity index (χ1v) is 15.4. The number of carbonyl (C=O) groups is 2. The van der Waals surface area contributed by atoms with Gasteiger partial charge in [0.25, 0.3) is 0 Å². The monoisotopic (exact) mass is 569 g/mol. The second-order valence-electron chi connectivity index (χ2n) is 12.1. The van der Waals surface area contributed by atoms with Gasteiger partial charge in [0, 0.05) is 24.3 Å². The molecule has 2 saturated heterocycles. The summed E-state index contributed by atoms with van der Waals surface area (Å²) in [5.41, 5.74) is 4.64. The third-order valence-electron chi connectivity index (χ3n) is 9.45. The lowest BCUT2D eigenvalue weighted by Gasteiger charge is -2.45. The maximum absolute atomic E-state index is 13.7. The van der Waals surface area contributed by atoms with Crippen LogP contribution in [0.25, 0.3) is 5.69 Å². The number of nitrogens with one attached hydrogen (secondary N) is 1. The van der Waals surface area contributed by atoms with Crippen molar-refractivity contribution in [3.05, 3.63) is 47.3 Å². The molecule has 2 amide bonds. The number of piperazine rings is 1. The number of amides is 2. The Bertz CT molecular complexity index is 1120. The highest BCUT2D eigenvalue weighted by atomic mass is 35.5. The van der Waals surface area contributed by atoms with E-state index in [4.69, 9.17) is 5.10 Å². The Hall–Kier alpha value is -2.38. The molecular formula is C32H48ClN5O2. The Morgan fingerprint density at radius 1 is 0.975 bits per heavy atom. The first-order chi connectivity index (χ1) is 19.0. The molecule has 0 radical (unpaired) electrons. The van der Waals surface area contributed by atoms with Gasteiger partial charge in [-0.1, -0.05) is 63.6 Å². The van der Waals surface area contributed by atoms with E-state index in [0.29, 0.717) is 12.5 Å². The number of benzene rings is 1. The SMILES string of the molecule is CCCCN1C(=O)[C@H](CC2CCCCC2)NC(=O)C1C1CCN(Cc2c(C)nn(-c3ccccc3)c2C)CC1.Cl. The van der Waals surface area contributed by atoms with Gasteiger partial charge >= 0.3 is 0 Å². The lowest BCUT2D eigenvalue weighted by molar-refractivity contribution is -0.153. The second-order valence-corrected chi connectivity index (χ2v) is 12.1. The van der Waals surface area contributed by atoms with E-state index in [9.17, 15) is 9.59 Å². The van der Waals surface area contributed by atoms with E-state index in [0.717, 1.165) is 63.1 Å². The number of aryl methyl sites for hydroxylation is 1. The highest BCUT2D eigenvalue weighted by Gasteiger charge is 2.45. The van der Waals surface area contributed by atoms with E-state index in [1.807, 2.05) is 27.8 Å². The second kappa shape index (κ2) is 14.0. The average molecular weight is 570 g/mol. The first kappa shape index (κ1) is 30.6. The molecular weight excluding hydrogens is 522 g/mol. The number of likely N-dealkylation sites (tertiary alicyclic amines) is 1. The van der Waals surface area contributed by atoms with Gasteiger partial charge in [0.2, 0.25) is 11.8 Å². The zero-order valence-corrected chi connectivity index (χ0v) is 25.4. The molecule has 2 atom stereocenters. The van der Waals surface area contributed by atoms with Crippen LogP contribution in [-0.4, -0.2) is 63.1 Å². The smallest absolute Gasteiger partial charge is 0.245 e. The zero-order valence-electron chi connectivity index (χ0n) is 24.6. The van der Waals surface area contributed by atoms with E-state index in [2.05, 4.69) is 43.1 Å². The van der Waals surface area contributed by atoms with Crippen molar-refractivity contribution in [1.29, 1.82) is 0 Å². The van der Waals surface area contributed by atoms with Crippen molar-refractivity contribution in [3.8, 4) is 5.69 Å². The number of aromatic nitrogens is 2. The molecule has 8 heteroatoms. The van der Waals surface area contributed by atoms with Gasteiger partial charge in [-0.15, -0.1) is 12.4 Å². The number of para-hydroxylation sites is 1. The van der Waals surface area contributed by atoms with Gasteiger partial charge in [-0.2, -0.15) is 5.10 Å². The van der Waals surface area contributed by atoms with Crippen molar-refractivity contribution < 1.29 is 9.59 Å². The van der Waals surface area contributed by atoms with Crippen LogP contribution >= 0.6 is 12.4 Å². The summed E-state index contributed by atoms with van der Waals surface area (Å²) in [6.07, 6.45) is 10.9. The third-order valence-corrected chi connectivity index (χ3v) is 9.45. The summed E-state index contributed by atoms with van der Waals surface area (Å²) in [7, 11) is 0. The van der Waals surface area contributed by atoms with Gasteiger partial charge in [-0.25, -0.2) is 4.68 Å². The molecule has 2 aromatic rings. The fourth-order valence-electron chi connectivity index (χ4n) is 7.13. The van der Waals surface area contributed by atoms with Crippen molar-refractivity contribution >= 4 is 24.2 Å². The van der Waals surface area contributed by atoms with E-state index in [1.165, 1.54) is 43.4 Å². The molecule has 1 N–H and O–H groups in total. The minimum absolute atomic E-state index is 0. The number of unbranched alkanes of at least 4 members (excludes halogenated alkanes) is 1. The molecule has 0 bridgehead atoms. The Balaban J connectivity index is 0.00000370. The predicted molar refractivity (Wildman–Crippen MR) is 162 cm³/mol. The van der Waals surface area contributed by atoms with Crippen LogP contribution in [0, 0.1) is 25.7 Å². The highest BCUT2D eigenvalue weighted by Crippen LogP contribution is 2.32. The van der Waals surface area contributed by atoms with Crippen molar-refractivity contribution in [3.63, 3.8) is 0 Å². The minimum atomic E-state index is -0.333. The number of halogens is 1. The molecule has 7 nitrogen and oxygen atoms in total. The molecule has 1 saturated carbocycles. The fourth-order valence-corrected chi connectivity index (χ4v) is 7.13. The Morgan fingerprint density at radius 2 is 1.68 bits per heavy atom. The lowest BCUT2D eigenvalue weighted by Crippen LogP contribution is -2.66. The van der Waals surface area contributed by atoms with Crippen LogP contribution in [0.15, 0.2) is 30.3 Å². The standard InChI is InChI=1S/C32H47N5O2.ClH/c1-4-5-18-36-30(31(38)33-29(32(36)39)21-25-12-8-6-9-13-25)26-16-19-35(20-17-26)22-28-23(2)34-37(24(28)3)27-14-10-7-11-15-27;/h7,10-11,14-15,25-26,29-30H,4-6,8-9,12-13,16-22H2,1-3H3,(H,33,38);1H/t29-,30?;/m0./s1. The van der Waals surface area contributed by atoms with Gasteiger partial charge in [0.1, 0.15) is 12.1 Å². The summed E-state index contributed by atoms with van der Waals surface area (Å²) in [6.45, 7) is 9.86. The van der Waals surface area contributed by atoms with Crippen LogP contribution in [0.1, 0.15) is 88.1 Å². The number of carbonyl (C=O) groups excluding carboxylic acids is 2. The topological polar surface area (TPSA) is 70.5 Å². The predicted octanol–water partition coefficient (Wildman–Crippen LogP) is 5.59. The molecule has 0 spiro atoms. The molecule has 1 aromatic heterocycles. The number of piperidine rings is 1. The van der Waals surface area contributed by atoms with Crippen molar-refractivity contribution in [2.45, 2.75) is 104 Å². The molecule has 5 rings (SSSR count). The van der Waals surface area contributed by atoms with Crippen LogP contribution in [0.4, 0.5) is 0 Å². The molecule has 3 aliphatic rings. The number of nitrogens with zero attached hydrogens (tertiary/aromatic N) is 4. The number of hydrogen-bond acceptors (Lipinski definition) is 4. The van der Waals surface area contributed by atoms with Gasteiger partial charge < -0.3 is 10.2 Å². The third kappa shape index (κ3) is 6.73. The van der Waals surface area contributed by atoms with Crippen LogP contribution < -0.4 is 5.32 Å². The maximum atomic E-state index is 13.7. The van der Waals surface area contributed by atoms with Crippen LogP contribution in [0.2, 0.25) is 0 Å². The van der Waals surface area contributed by atoms with Crippen molar-refractivity contribution in [1.82, 2.24) is 24.9 Å². The molecule has 2 aliphatic heterocycles. The maximum Gasteiger partial charge on any atom is 0.245 e. The van der Waals surface area contributed by atoms with Gasteiger partial charge in [-0.05, 0) is 76.6 Å². The van der Waals surface area contributed by atoms with Crippen LogP contribution in [0.3, 0.4) is 0 Å². The number of rotatable bonds is 9. The number of hydrogen-bond donors (Lipinski definition) is 1. The Labute approximate surface area is 246 Å². The molecule has 3 heterocycles. The quantitative estimate of drug-likeness (QED) is 0.427. The summed E-state index contributed by atoms with van der Waals surface area (Å²) in [4.78, 5) is 31.7. The normalized spacial score (nSPS) is 23.2. The molecule has 3 fully saturated rings. The molecule has 1 aromatic carbocycles. The summed E-state index contributed by atoms with van der Waals surface area (Å²) in [5.74, 6) is 1.03. The molecule has 220 valence electrons. The lowest BCUT2D eigenvalue weighted by atomic mass is 9.82. The summed E-state index contributed by atoms with van der Waals surface area (Å²) >= 11 is 0. The average Bonchev–Trinajstić information content (AvgIpc) is 3.24. The summed E-state index contributed by atoms with van der Waals surface area (Å²) in [5, 5.41) is 8.03. The van der Waals surface area contributed by atoms with Crippen molar-refractivity contribution in [2.24, 2.45) is 11.8 Å². The largest absolute Gasteiger partial charge is 0.342 e. The molecule has 40 heavy (non-hydrogen) atoms. The van der Waals surface area contributed by atoms with E-state index >= 15 is 0 Å². The Kier molecular flexibility index (Phi) is 10.7. The first-order valence-electron chi connectivity index (χ1n) is 15.4. The van der Waals surface area contributed by atoms with E-state index < -0.39 is 0 Å². The zero-order chi connectivity index (χ0) is 27.4. The fraction of sp³-hybridized carbons (Fsp3) is 0.656. The molecule has 1 aliphatic carbocycles. The van der Waals surface area contributed by atoms with Gasteiger partial charge in [-0.3, -0.25) is 14.5 Å². The van der Waals surface area contributed by atoms with Crippen LogP contribution in [0.5, 0.6) is 0 Å². The molecule has 1 unspecified atom stereocenters.